The Morgan fingerprint density at radius 2 is 1.87 bits per heavy atom. The molecule has 0 radical (unpaired) electrons. The van der Waals surface area contributed by atoms with E-state index in [1.165, 1.54) is 6.26 Å². The Hall–Kier alpha value is -2.67. The Morgan fingerprint density at radius 1 is 1.09 bits per heavy atom. The number of H-pyrrole nitrogens is 1. The summed E-state index contributed by atoms with van der Waals surface area (Å²) in [5.41, 5.74) is 2.51. The molecule has 23 heavy (non-hydrogen) atoms. The second kappa shape index (κ2) is 6.21. The van der Waals surface area contributed by atoms with E-state index in [0.717, 1.165) is 17.0 Å². The highest BCUT2D eigenvalue weighted by Crippen LogP contribution is 2.18. The van der Waals surface area contributed by atoms with Crippen LogP contribution in [-0.4, -0.2) is 29.9 Å². The van der Waals surface area contributed by atoms with Gasteiger partial charge < -0.3 is 4.74 Å². The van der Waals surface area contributed by atoms with Gasteiger partial charge in [0.1, 0.15) is 12.4 Å². The summed E-state index contributed by atoms with van der Waals surface area (Å²) in [5, 5.41) is 6.73. The number of nitrogens with zero attached hydrogens (tertiary/aromatic N) is 2. The number of benzene rings is 1. The van der Waals surface area contributed by atoms with E-state index in [2.05, 4.69) is 15.2 Å². The first kappa shape index (κ1) is 15.2. The number of nitrogens with one attached hydrogen (secondary N) is 1. The van der Waals surface area contributed by atoms with Gasteiger partial charge in [-0.2, -0.15) is 5.10 Å². The third-order valence-electron chi connectivity index (χ3n) is 3.27. The molecule has 0 amide bonds. The largest absolute Gasteiger partial charge is 0.487 e. The Kier molecular flexibility index (Phi) is 4.12. The van der Waals surface area contributed by atoms with E-state index in [0.29, 0.717) is 17.3 Å². The van der Waals surface area contributed by atoms with E-state index in [1.807, 2.05) is 18.2 Å². The summed E-state index contributed by atoms with van der Waals surface area (Å²) in [5.74, 6) is 0.639. The van der Waals surface area contributed by atoms with Crippen molar-refractivity contribution in [3.05, 3.63) is 60.4 Å². The van der Waals surface area contributed by atoms with Gasteiger partial charge in [-0.15, -0.1) is 0 Å². The maximum Gasteiger partial charge on any atom is 0.175 e. The second-order valence-electron chi connectivity index (χ2n) is 5.05. The van der Waals surface area contributed by atoms with Crippen molar-refractivity contribution in [2.75, 3.05) is 6.26 Å². The normalized spacial score (nSPS) is 11.3. The van der Waals surface area contributed by atoms with Crippen LogP contribution in [0.5, 0.6) is 5.75 Å². The van der Waals surface area contributed by atoms with Gasteiger partial charge in [0.2, 0.25) is 0 Å². The highest BCUT2D eigenvalue weighted by atomic mass is 32.2. The van der Waals surface area contributed by atoms with Crippen molar-refractivity contribution >= 4 is 9.84 Å². The quantitative estimate of drug-likeness (QED) is 0.777. The summed E-state index contributed by atoms with van der Waals surface area (Å²) in [7, 11) is -3.17. The minimum absolute atomic E-state index is 0.298. The number of ether oxygens (including phenoxy) is 1. The van der Waals surface area contributed by atoms with Crippen molar-refractivity contribution in [1.29, 1.82) is 0 Å². The van der Waals surface area contributed by atoms with Crippen LogP contribution in [0.15, 0.2) is 59.8 Å². The number of hydrogen-bond acceptors (Lipinski definition) is 5. The van der Waals surface area contributed by atoms with E-state index >= 15 is 0 Å². The fraction of sp³-hybridized carbons (Fsp3) is 0.125. The molecule has 0 spiro atoms. The zero-order chi connectivity index (χ0) is 16.3. The van der Waals surface area contributed by atoms with Crippen LogP contribution in [0.4, 0.5) is 0 Å². The summed E-state index contributed by atoms with van der Waals surface area (Å²) >= 11 is 0. The Morgan fingerprint density at radius 3 is 2.43 bits per heavy atom. The summed E-state index contributed by atoms with van der Waals surface area (Å²) in [6.45, 7) is 0.342. The van der Waals surface area contributed by atoms with Crippen molar-refractivity contribution in [2.45, 2.75) is 11.5 Å². The molecule has 0 aliphatic rings. The number of hydrogen-bond donors (Lipinski definition) is 1. The minimum Gasteiger partial charge on any atom is -0.487 e. The lowest BCUT2D eigenvalue weighted by Gasteiger charge is -2.07. The lowest BCUT2D eigenvalue weighted by Crippen LogP contribution is -1.99. The fourth-order valence-corrected chi connectivity index (χ4v) is 2.65. The molecule has 3 aromatic rings. The lowest BCUT2D eigenvalue weighted by atomic mass is 10.2. The van der Waals surface area contributed by atoms with Gasteiger partial charge in [-0.05, 0) is 35.9 Å². The van der Waals surface area contributed by atoms with E-state index < -0.39 is 9.84 Å². The summed E-state index contributed by atoms with van der Waals surface area (Å²) in [6.07, 6.45) is 4.49. The van der Waals surface area contributed by atoms with Crippen molar-refractivity contribution in [2.24, 2.45) is 0 Å². The van der Waals surface area contributed by atoms with Gasteiger partial charge in [0, 0.05) is 12.5 Å². The van der Waals surface area contributed by atoms with Gasteiger partial charge >= 0.3 is 0 Å². The van der Waals surface area contributed by atoms with Gasteiger partial charge in [-0.3, -0.25) is 10.1 Å². The average molecular weight is 329 g/mol. The number of sulfone groups is 1. The molecule has 0 fully saturated rings. The van der Waals surface area contributed by atoms with Crippen LogP contribution in [0, 0.1) is 0 Å². The predicted octanol–water partition coefficient (Wildman–Crippen LogP) is 2.45. The molecule has 0 aliphatic heterocycles. The third kappa shape index (κ3) is 3.75. The molecular weight excluding hydrogens is 314 g/mol. The van der Waals surface area contributed by atoms with Crippen LogP contribution in [0.25, 0.3) is 11.4 Å². The van der Waals surface area contributed by atoms with E-state index in [-0.39, 0.29) is 0 Å². The van der Waals surface area contributed by atoms with Crippen LogP contribution in [-0.2, 0) is 16.4 Å². The van der Waals surface area contributed by atoms with E-state index in [1.54, 1.807) is 36.7 Å². The van der Waals surface area contributed by atoms with Gasteiger partial charge in [0.05, 0.1) is 22.5 Å². The first-order valence-corrected chi connectivity index (χ1v) is 8.79. The molecule has 7 heteroatoms. The lowest BCUT2D eigenvalue weighted by molar-refractivity contribution is 0.305. The monoisotopic (exact) mass is 329 g/mol. The highest BCUT2D eigenvalue weighted by molar-refractivity contribution is 7.90. The fourth-order valence-electron chi connectivity index (χ4n) is 2.02. The predicted molar refractivity (Wildman–Crippen MR) is 85.7 cm³/mol. The van der Waals surface area contributed by atoms with Crippen LogP contribution in [0.2, 0.25) is 0 Å². The van der Waals surface area contributed by atoms with Crippen molar-refractivity contribution in [3.8, 4) is 17.1 Å². The summed E-state index contributed by atoms with van der Waals surface area (Å²) in [4.78, 5) is 4.60. The molecule has 1 aromatic carbocycles. The van der Waals surface area contributed by atoms with Crippen molar-refractivity contribution in [1.82, 2.24) is 15.2 Å². The zero-order valence-electron chi connectivity index (χ0n) is 12.4. The van der Waals surface area contributed by atoms with Crippen LogP contribution < -0.4 is 4.74 Å². The van der Waals surface area contributed by atoms with Crippen molar-refractivity contribution < 1.29 is 13.2 Å². The van der Waals surface area contributed by atoms with Gasteiger partial charge in [0.15, 0.2) is 9.84 Å². The molecule has 0 unspecified atom stereocenters. The number of rotatable bonds is 5. The molecule has 0 aliphatic carbocycles. The van der Waals surface area contributed by atoms with Crippen LogP contribution >= 0.6 is 0 Å². The third-order valence-corrected chi connectivity index (χ3v) is 4.40. The first-order valence-electron chi connectivity index (χ1n) is 6.90. The zero-order valence-corrected chi connectivity index (χ0v) is 13.2. The molecule has 0 saturated heterocycles. The molecule has 0 bridgehead atoms. The maximum absolute atomic E-state index is 11.4. The standard InChI is InChI=1S/C16H15N3O3S/c1-23(20,21)14-5-2-12(3-6-14)11-22-13-4-7-15(17-10-13)16-8-9-18-19-16/h2-10H,11H2,1H3,(H,18,19). The van der Waals surface area contributed by atoms with Gasteiger partial charge in [-0.1, -0.05) is 12.1 Å². The van der Waals surface area contributed by atoms with Crippen molar-refractivity contribution in [3.63, 3.8) is 0 Å². The molecule has 1 N–H and O–H groups in total. The average Bonchev–Trinajstić information content (AvgIpc) is 3.07. The second-order valence-corrected chi connectivity index (χ2v) is 7.07. The molecule has 0 atom stereocenters. The minimum atomic E-state index is -3.17. The molecule has 2 heterocycles. The number of pyridine rings is 1. The van der Waals surface area contributed by atoms with E-state index in [4.69, 9.17) is 4.74 Å². The number of aromatic amines is 1. The maximum atomic E-state index is 11.4. The topological polar surface area (TPSA) is 84.9 Å². The Balaban J connectivity index is 1.64. The molecule has 0 saturated carbocycles. The highest BCUT2D eigenvalue weighted by Gasteiger charge is 2.06. The Bertz CT molecular complexity index is 871. The molecular formula is C16H15N3O3S. The molecule has 6 nitrogen and oxygen atoms in total. The molecule has 118 valence electrons. The van der Waals surface area contributed by atoms with E-state index in [9.17, 15) is 8.42 Å². The SMILES string of the molecule is CS(=O)(=O)c1ccc(COc2ccc(-c3ccn[nH]3)nc2)cc1. The summed E-state index contributed by atoms with van der Waals surface area (Å²) in [6, 6.07) is 12.1. The smallest absolute Gasteiger partial charge is 0.175 e. The molecule has 3 rings (SSSR count). The summed E-state index contributed by atoms with van der Waals surface area (Å²) < 4.78 is 28.5. The first-order chi connectivity index (χ1) is 11.0. The van der Waals surface area contributed by atoms with Gasteiger partial charge in [0.25, 0.3) is 0 Å². The molecule has 2 aromatic heterocycles. The van der Waals surface area contributed by atoms with Crippen LogP contribution in [0.1, 0.15) is 5.56 Å². The van der Waals surface area contributed by atoms with Gasteiger partial charge in [-0.25, -0.2) is 8.42 Å². The number of aromatic nitrogens is 3. The Labute approximate surface area is 134 Å². The van der Waals surface area contributed by atoms with Crippen LogP contribution in [0.3, 0.4) is 0 Å².